The lowest BCUT2D eigenvalue weighted by Crippen LogP contribution is -2.16. The van der Waals surface area contributed by atoms with Gasteiger partial charge >= 0.3 is 0 Å². The molecule has 0 aliphatic carbocycles. The highest BCUT2D eigenvalue weighted by Crippen LogP contribution is 2.45. The number of rotatable bonds is 3. The zero-order chi connectivity index (χ0) is 25.7. The average Bonchev–Trinajstić information content (AvgIpc) is 2.68. The van der Waals surface area contributed by atoms with Gasteiger partial charge in [0.05, 0.1) is 0 Å². The molecule has 182 valence electrons. The molecule has 0 saturated heterocycles. The molecule has 3 heteroatoms. The summed E-state index contributed by atoms with van der Waals surface area (Å²) in [5.74, 6) is 0.648. The largest absolute Gasteiger partial charge is 0.507 e. The molecular formula is C31H40O3. The predicted octanol–water partition coefficient (Wildman–Crippen LogP) is 7.81. The van der Waals surface area contributed by atoms with Gasteiger partial charge in [0.1, 0.15) is 17.2 Å². The van der Waals surface area contributed by atoms with Crippen LogP contribution in [0.3, 0.4) is 0 Å². The number of hydrogen-bond acceptors (Lipinski definition) is 3. The lowest BCUT2D eigenvalue weighted by atomic mass is 9.76. The van der Waals surface area contributed by atoms with Crippen molar-refractivity contribution in [3.8, 4) is 17.2 Å². The second kappa shape index (κ2) is 8.69. The SMILES string of the molecule is Cc1cc(C)c(O)c(C(c2cc(C)c(O)c(C(C)(C)C)c2)c2cc(C)c(O)c(C(C)(C)C)c2)c1. The van der Waals surface area contributed by atoms with Gasteiger partial charge in [0.15, 0.2) is 0 Å². The number of benzene rings is 3. The minimum absolute atomic E-state index is 0.249. The first-order chi connectivity index (χ1) is 15.5. The second-order valence-corrected chi connectivity index (χ2v) is 11.9. The summed E-state index contributed by atoms with van der Waals surface area (Å²) in [7, 11) is 0. The van der Waals surface area contributed by atoms with Crippen molar-refractivity contribution in [2.24, 2.45) is 0 Å². The van der Waals surface area contributed by atoms with E-state index in [0.29, 0.717) is 11.5 Å². The molecule has 3 aromatic carbocycles. The number of aromatic hydroxyl groups is 3. The molecule has 3 rings (SSSR count). The standard InChI is InChI=1S/C31H40O3/c1-17-11-18(2)27(32)23(12-17)26(21-13-19(3)28(33)24(15-21)30(5,6)7)22-14-20(4)29(34)25(16-22)31(8,9)10/h11-16,26,32-34H,1-10H3. The Kier molecular flexibility index (Phi) is 6.56. The van der Waals surface area contributed by atoms with Gasteiger partial charge in [-0.25, -0.2) is 0 Å². The van der Waals surface area contributed by atoms with Gasteiger partial charge in [0, 0.05) is 11.5 Å². The molecule has 0 saturated carbocycles. The van der Waals surface area contributed by atoms with E-state index in [1.807, 2.05) is 52.0 Å². The van der Waals surface area contributed by atoms with Crippen molar-refractivity contribution >= 4 is 0 Å². The van der Waals surface area contributed by atoms with Crippen LogP contribution >= 0.6 is 0 Å². The van der Waals surface area contributed by atoms with E-state index in [0.717, 1.165) is 50.1 Å². The fraction of sp³-hybridized carbons (Fsp3) is 0.419. The summed E-state index contributed by atoms with van der Waals surface area (Å²) < 4.78 is 0. The number of aryl methyl sites for hydroxylation is 4. The molecule has 0 unspecified atom stereocenters. The average molecular weight is 461 g/mol. The van der Waals surface area contributed by atoms with Crippen LogP contribution in [-0.4, -0.2) is 15.3 Å². The molecule has 0 heterocycles. The van der Waals surface area contributed by atoms with Gasteiger partial charge in [0.25, 0.3) is 0 Å². The third-order valence-corrected chi connectivity index (χ3v) is 6.71. The Morgan fingerprint density at radius 1 is 0.529 bits per heavy atom. The summed E-state index contributed by atoms with van der Waals surface area (Å²) in [5.41, 5.74) is 7.62. The van der Waals surface area contributed by atoms with Crippen molar-refractivity contribution in [2.75, 3.05) is 0 Å². The van der Waals surface area contributed by atoms with Crippen molar-refractivity contribution < 1.29 is 15.3 Å². The van der Waals surface area contributed by atoms with Crippen LogP contribution in [0.1, 0.15) is 97.5 Å². The zero-order valence-corrected chi connectivity index (χ0v) is 22.4. The summed E-state index contributed by atoms with van der Waals surface area (Å²) in [6, 6.07) is 12.2. The molecule has 0 aliphatic rings. The predicted molar refractivity (Wildman–Crippen MR) is 142 cm³/mol. The molecule has 34 heavy (non-hydrogen) atoms. The Morgan fingerprint density at radius 3 is 1.29 bits per heavy atom. The van der Waals surface area contributed by atoms with Crippen molar-refractivity contribution in [3.05, 3.63) is 86.5 Å². The molecule has 0 aliphatic heterocycles. The maximum absolute atomic E-state index is 11.2. The molecule has 0 spiro atoms. The van der Waals surface area contributed by atoms with Crippen molar-refractivity contribution in [1.29, 1.82) is 0 Å². The monoisotopic (exact) mass is 460 g/mol. The second-order valence-electron chi connectivity index (χ2n) is 11.9. The van der Waals surface area contributed by atoms with E-state index in [2.05, 4.69) is 53.7 Å². The number of hydrogen-bond donors (Lipinski definition) is 3. The molecule has 0 atom stereocenters. The Bertz CT molecular complexity index is 1170. The number of phenols is 3. The van der Waals surface area contributed by atoms with Gasteiger partial charge in [-0.15, -0.1) is 0 Å². The quantitative estimate of drug-likeness (QED) is 0.349. The van der Waals surface area contributed by atoms with E-state index in [1.165, 1.54) is 0 Å². The van der Waals surface area contributed by atoms with Crippen molar-refractivity contribution in [3.63, 3.8) is 0 Å². The summed E-state index contributed by atoms with van der Waals surface area (Å²) >= 11 is 0. The van der Waals surface area contributed by atoms with Crippen LogP contribution in [-0.2, 0) is 10.8 Å². The molecule has 0 bridgehead atoms. The molecule has 0 radical (unpaired) electrons. The van der Waals surface area contributed by atoms with Gasteiger partial charge in [0.2, 0.25) is 0 Å². The topological polar surface area (TPSA) is 60.7 Å². The van der Waals surface area contributed by atoms with Crippen LogP contribution in [0, 0.1) is 27.7 Å². The first kappa shape index (κ1) is 25.7. The maximum Gasteiger partial charge on any atom is 0.122 e. The van der Waals surface area contributed by atoms with Crippen LogP contribution in [0.4, 0.5) is 0 Å². The highest BCUT2D eigenvalue weighted by Gasteiger charge is 2.29. The van der Waals surface area contributed by atoms with Gasteiger partial charge < -0.3 is 15.3 Å². The maximum atomic E-state index is 11.2. The molecule has 0 aromatic heterocycles. The van der Waals surface area contributed by atoms with Crippen LogP contribution in [0.5, 0.6) is 17.2 Å². The summed E-state index contributed by atoms with van der Waals surface area (Å²) in [6.45, 7) is 20.4. The third-order valence-electron chi connectivity index (χ3n) is 6.71. The minimum atomic E-state index is -0.264. The fourth-order valence-electron chi connectivity index (χ4n) is 4.86. The first-order valence-electron chi connectivity index (χ1n) is 12.0. The van der Waals surface area contributed by atoms with E-state index in [4.69, 9.17) is 0 Å². The highest BCUT2D eigenvalue weighted by atomic mass is 16.3. The lowest BCUT2D eigenvalue weighted by Gasteiger charge is -2.29. The molecule has 3 N–H and O–H groups in total. The van der Waals surface area contributed by atoms with Gasteiger partial charge in [-0.2, -0.15) is 0 Å². The van der Waals surface area contributed by atoms with Crippen molar-refractivity contribution in [2.45, 2.75) is 86.0 Å². The van der Waals surface area contributed by atoms with Gasteiger partial charge in [-0.1, -0.05) is 83.5 Å². The first-order valence-corrected chi connectivity index (χ1v) is 12.0. The molecule has 0 amide bonds. The molecule has 3 nitrogen and oxygen atoms in total. The van der Waals surface area contributed by atoms with E-state index < -0.39 is 0 Å². The van der Waals surface area contributed by atoms with Crippen LogP contribution in [0.25, 0.3) is 0 Å². The van der Waals surface area contributed by atoms with Crippen LogP contribution < -0.4 is 0 Å². The normalized spacial score (nSPS) is 12.4. The van der Waals surface area contributed by atoms with Gasteiger partial charge in [-0.05, 0) is 77.5 Å². The molecule has 0 fully saturated rings. The summed E-state index contributed by atoms with van der Waals surface area (Å²) in [6.07, 6.45) is 0. The summed E-state index contributed by atoms with van der Waals surface area (Å²) in [4.78, 5) is 0. The Hall–Kier alpha value is -2.94. The lowest BCUT2D eigenvalue weighted by molar-refractivity contribution is 0.442. The van der Waals surface area contributed by atoms with Crippen LogP contribution in [0.15, 0.2) is 36.4 Å². The molecule has 3 aromatic rings. The van der Waals surface area contributed by atoms with E-state index >= 15 is 0 Å². The highest BCUT2D eigenvalue weighted by molar-refractivity contribution is 5.59. The molecular weight excluding hydrogens is 420 g/mol. The van der Waals surface area contributed by atoms with Crippen molar-refractivity contribution in [1.82, 2.24) is 0 Å². The summed E-state index contributed by atoms with van der Waals surface area (Å²) in [5, 5.41) is 33.0. The third kappa shape index (κ3) is 4.80. The van der Waals surface area contributed by atoms with Gasteiger partial charge in [-0.3, -0.25) is 0 Å². The number of phenolic OH excluding ortho intramolecular Hbond substituents is 3. The fourth-order valence-corrected chi connectivity index (χ4v) is 4.86. The van der Waals surface area contributed by atoms with E-state index in [1.54, 1.807) is 0 Å². The Morgan fingerprint density at radius 2 is 0.912 bits per heavy atom. The minimum Gasteiger partial charge on any atom is -0.507 e. The van der Waals surface area contributed by atoms with E-state index in [9.17, 15) is 15.3 Å². The Balaban J connectivity index is 2.45. The van der Waals surface area contributed by atoms with E-state index in [-0.39, 0.29) is 22.5 Å². The smallest absolute Gasteiger partial charge is 0.122 e. The zero-order valence-electron chi connectivity index (χ0n) is 22.4. The Labute approximate surface area is 205 Å². The van der Waals surface area contributed by atoms with Crippen LogP contribution in [0.2, 0.25) is 0 Å².